The van der Waals surface area contributed by atoms with Crippen LogP contribution < -0.4 is 5.32 Å². The molecule has 2 rings (SSSR count). The lowest BCUT2D eigenvalue weighted by molar-refractivity contribution is 0.627. The monoisotopic (exact) mass is 254 g/mol. The van der Waals surface area contributed by atoms with Crippen molar-refractivity contribution in [2.24, 2.45) is 0 Å². The van der Waals surface area contributed by atoms with Crippen LogP contribution in [0.25, 0.3) is 0 Å². The van der Waals surface area contributed by atoms with Gasteiger partial charge in [-0.15, -0.1) is 0 Å². The molecule has 0 fully saturated rings. The van der Waals surface area contributed by atoms with Gasteiger partial charge in [0, 0.05) is 5.69 Å². The average Bonchev–Trinajstić information content (AvgIpc) is 2.45. The standard InChI is InChI=1S/C16H15FN2/c1-2-16(13-6-4-3-5-7-13)19-15-9-12(11-18)8-14(17)10-15/h3-10,16,19H,2H2,1H3. The van der Waals surface area contributed by atoms with Gasteiger partial charge in [-0.1, -0.05) is 37.3 Å². The van der Waals surface area contributed by atoms with Crippen LogP contribution in [0.3, 0.4) is 0 Å². The highest BCUT2D eigenvalue weighted by Gasteiger charge is 2.09. The SMILES string of the molecule is CCC(Nc1cc(F)cc(C#N)c1)c1ccccc1. The number of benzene rings is 2. The average molecular weight is 254 g/mol. The smallest absolute Gasteiger partial charge is 0.126 e. The minimum atomic E-state index is -0.399. The fraction of sp³-hybridized carbons (Fsp3) is 0.188. The van der Waals surface area contributed by atoms with E-state index in [1.165, 1.54) is 12.1 Å². The van der Waals surface area contributed by atoms with Crippen molar-refractivity contribution in [1.29, 1.82) is 5.26 Å². The lowest BCUT2D eigenvalue weighted by atomic mass is 10.0. The third-order valence-electron chi connectivity index (χ3n) is 2.98. The number of nitrogens with zero attached hydrogens (tertiary/aromatic N) is 1. The predicted octanol–water partition coefficient (Wildman–Crippen LogP) is 4.26. The quantitative estimate of drug-likeness (QED) is 0.884. The van der Waals surface area contributed by atoms with E-state index < -0.39 is 5.82 Å². The van der Waals surface area contributed by atoms with E-state index in [0.717, 1.165) is 12.0 Å². The summed E-state index contributed by atoms with van der Waals surface area (Å²) in [6.45, 7) is 2.06. The van der Waals surface area contributed by atoms with Crippen LogP contribution >= 0.6 is 0 Å². The number of nitrogens with one attached hydrogen (secondary N) is 1. The van der Waals surface area contributed by atoms with E-state index in [0.29, 0.717) is 11.3 Å². The van der Waals surface area contributed by atoms with Gasteiger partial charge in [-0.3, -0.25) is 0 Å². The molecule has 96 valence electrons. The molecule has 3 heteroatoms. The normalized spacial score (nSPS) is 11.6. The third-order valence-corrected chi connectivity index (χ3v) is 2.98. The molecule has 0 aliphatic rings. The molecule has 0 aliphatic carbocycles. The highest BCUT2D eigenvalue weighted by atomic mass is 19.1. The first kappa shape index (κ1) is 13.1. The lowest BCUT2D eigenvalue weighted by Crippen LogP contribution is -2.09. The van der Waals surface area contributed by atoms with Crippen LogP contribution in [0.4, 0.5) is 10.1 Å². The number of hydrogen-bond donors (Lipinski definition) is 1. The molecule has 1 atom stereocenters. The minimum absolute atomic E-state index is 0.106. The van der Waals surface area contributed by atoms with Gasteiger partial charge in [-0.25, -0.2) is 4.39 Å². The molecule has 2 nitrogen and oxygen atoms in total. The molecule has 0 aliphatic heterocycles. The van der Waals surface area contributed by atoms with Gasteiger partial charge >= 0.3 is 0 Å². The first-order valence-electron chi connectivity index (χ1n) is 6.25. The maximum absolute atomic E-state index is 13.4. The van der Waals surface area contributed by atoms with E-state index >= 15 is 0 Å². The Morgan fingerprint density at radius 2 is 1.95 bits per heavy atom. The Bertz CT molecular complexity index is 587. The maximum atomic E-state index is 13.4. The van der Waals surface area contributed by atoms with Gasteiger partial charge in [0.15, 0.2) is 0 Å². The lowest BCUT2D eigenvalue weighted by Gasteiger charge is -2.19. The van der Waals surface area contributed by atoms with Crippen LogP contribution in [0, 0.1) is 17.1 Å². The molecule has 0 radical (unpaired) electrons. The molecule has 19 heavy (non-hydrogen) atoms. The second-order valence-corrected chi connectivity index (χ2v) is 4.36. The van der Waals surface area contributed by atoms with Gasteiger partial charge in [0.25, 0.3) is 0 Å². The molecule has 0 heterocycles. The topological polar surface area (TPSA) is 35.8 Å². The summed E-state index contributed by atoms with van der Waals surface area (Å²) in [6, 6.07) is 16.4. The van der Waals surface area contributed by atoms with E-state index in [-0.39, 0.29) is 6.04 Å². The highest BCUT2D eigenvalue weighted by molar-refractivity contribution is 5.51. The van der Waals surface area contributed by atoms with Crippen molar-refractivity contribution in [3.8, 4) is 6.07 Å². The molecule has 0 bridgehead atoms. The Labute approximate surface area is 112 Å². The zero-order chi connectivity index (χ0) is 13.7. The molecule has 0 aromatic heterocycles. The number of rotatable bonds is 4. The van der Waals surface area contributed by atoms with Crippen molar-refractivity contribution in [1.82, 2.24) is 0 Å². The summed E-state index contributed by atoms with van der Waals surface area (Å²) in [4.78, 5) is 0. The molecule has 0 saturated carbocycles. The minimum Gasteiger partial charge on any atom is -0.378 e. The summed E-state index contributed by atoms with van der Waals surface area (Å²) in [6.07, 6.45) is 0.877. The first-order chi connectivity index (χ1) is 9.22. The summed E-state index contributed by atoms with van der Waals surface area (Å²) in [5.41, 5.74) is 2.10. The molecule has 1 N–H and O–H groups in total. The number of hydrogen-bond acceptors (Lipinski definition) is 2. The molecule has 1 unspecified atom stereocenters. The van der Waals surface area contributed by atoms with Crippen LogP contribution in [-0.2, 0) is 0 Å². The van der Waals surface area contributed by atoms with Crippen LogP contribution in [0.1, 0.15) is 30.5 Å². The van der Waals surface area contributed by atoms with Gasteiger partial charge in [0.2, 0.25) is 0 Å². The summed E-state index contributed by atoms with van der Waals surface area (Å²) < 4.78 is 13.4. The Balaban J connectivity index is 2.24. The molecule has 0 spiro atoms. The fourth-order valence-electron chi connectivity index (χ4n) is 2.05. The van der Waals surface area contributed by atoms with Gasteiger partial charge in [-0.2, -0.15) is 5.26 Å². The van der Waals surface area contributed by atoms with Crippen molar-refractivity contribution in [3.63, 3.8) is 0 Å². The molecule has 0 saturated heterocycles. The molecule has 2 aromatic carbocycles. The number of anilines is 1. The van der Waals surface area contributed by atoms with Gasteiger partial charge in [-0.05, 0) is 30.2 Å². The van der Waals surface area contributed by atoms with E-state index in [2.05, 4.69) is 12.2 Å². The third kappa shape index (κ3) is 3.32. The predicted molar refractivity (Wildman–Crippen MR) is 74.2 cm³/mol. The highest BCUT2D eigenvalue weighted by Crippen LogP contribution is 2.23. The summed E-state index contributed by atoms with van der Waals surface area (Å²) >= 11 is 0. The van der Waals surface area contributed by atoms with Crippen molar-refractivity contribution in [3.05, 3.63) is 65.5 Å². The van der Waals surface area contributed by atoms with Crippen LogP contribution in [0.15, 0.2) is 48.5 Å². The van der Waals surface area contributed by atoms with Gasteiger partial charge < -0.3 is 5.32 Å². The van der Waals surface area contributed by atoms with E-state index in [1.54, 1.807) is 6.07 Å². The Morgan fingerprint density at radius 3 is 2.58 bits per heavy atom. The van der Waals surface area contributed by atoms with Crippen LogP contribution in [-0.4, -0.2) is 0 Å². The number of nitriles is 1. The van der Waals surface area contributed by atoms with E-state index in [9.17, 15) is 4.39 Å². The molecule has 2 aromatic rings. The maximum Gasteiger partial charge on any atom is 0.126 e. The summed E-state index contributed by atoms with van der Waals surface area (Å²) in [7, 11) is 0. The Hall–Kier alpha value is -2.34. The van der Waals surface area contributed by atoms with Gasteiger partial charge in [0.1, 0.15) is 5.82 Å². The van der Waals surface area contributed by atoms with E-state index in [4.69, 9.17) is 5.26 Å². The molecular formula is C16H15FN2. The Morgan fingerprint density at radius 1 is 1.21 bits per heavy atom. The molecular weight excluding hydrogens is 239 g/mol. The van der Waals surface area contributed by atoms with Crippen molar-refractivity contribution in [2.75, 3.05) is 5.32 Å². The summed E-state index contributed by atoms with van der Waals surface area (Å²) in [5.74, 6) is -0.399. The van der Waals surface area contributed by atoms with Crippen LogP contribution in [0.2, 0.25) is 0 Å². The van der Waals surface area contributed by atoms with Crippen LogP contribution in [0.5, 0.6) is 0 Å². The van der Waals surface area contributed by atoms with E-state index in [1.807, 2.05) is 36.4 Å². The van der Waals surface area contributed by atoms with Gasteiger partial charge in [0.05, 0.1) is 17.7 Å². The number of halogens is 1. The fourth-order valence-corrected chi connectivity index (χ4v) is 2.05. The van der Waals surface area contributed by atoms with Crippen molar-refractivity contribution < 1.29 is 4.39 Å². The largest absolute Gasteiger partial charge is 0.378 e. The van der Waals surface area contributed by atoms with Crippen molar-refractivity contribution in [2.45, 2.75) is 19.4 Å². The second kappa shape index (κ2) is 6.01. The second-order valence-electron chi connectivity index (χ2n) is 4.36. The zero-order valence-corrected chi connectivity index (χ0v) is 10.7. The summed E-state index contributed by atoms with van der Waals surface area (Å²) in [5, 5.41) is 12.1. The first-order valence-corrected chi connectivity index (χ1v) is 6.25. The zero-order valence-electron chi connectivity index (χ0n) is 10.7. The molecule has 0 amide bonds. The van der Waals surface area contributed by atoms with Crippen molar-refractivity contribution >= 4 is 5.69 Å². The Kier molecular flexibility index (Phi) is 4.15.